The maximum Gasteiger partial charge on any atom is 0.00893 e. The topological polar surface area (TPSA) is 0 Å². The van der Waals surface area contributed by atoms with Gasteiger partial charge in [-0.05, 0) is 31.4 Å². The maximum atomic E-state index is 2.30. The summed E-state index contributed by atoms with van der Waals surface area (Å²) in [5.74, 6) is 0.544. The number of unbranched alkanes of at least 4 members (excludes halogenated alkanes) is 2. The van der Waals surface area contributed by atoms with Crippen LogP contribution in [0, 0.1) is 13.8 Å². The first kappa shape index (κ1) is 14.8. The van der Waals surface area contributed by atoms with E-state index < -0.39 is 0 Å². The molecule has 0 N–H and O–H groups in total. The van der Waals surface area contributed by atoms with Crippen molar-refractivity contribution in [3.8, 4) is 0 Å². The lowest BCUT2D eigenvalue weighted by molar-refractivity contribution is 0.618. The van der Waals surface area contributed by atoms with Gasteiger partial charge in [0, 0.05) is 5.92 Å². The number of benzene rings is 2. The highest BCUT2D eigenvalue weighted by Crippen LogP contribution is 2.30. The lowest BCUT2D eigenvalue weighted by atomic mass is 9.86. The highest BCUT2D eigenvalue weighted by Gasteiger charge is 2.13. The molecule has 0 spiro atoms. The van der Waals surface area contributed by atoms with Crippen molar-refractivity contribution in [2.45, 2.75) is 52.4 Å². The Morgan fingerprint density at radius 3 is 1.55 bits per heavy atom. The Morgan fingerprint density at radius 2 is 1.15 bits per heavy atom. The van der Waals surface area contributed by atoms with E-state index in [4.69, 9.17) is 0 Å². The second-order valence-corrected chi connectivity index (χ2v) is 5.87. The molecule has 106 valence electrons. The van der Waals surface area contributed by atoms with Gasteiger partial charge in [-0.2, -0.15) is 0 Å². The molecule has 0 heterocycles. The van der Waals surface area contributed by atoms with E-state index in [1.807, 2.05) is 0 Å². The number of rotatable bonds is 6. The minimum absolute atomic E-state index is 0.544. The predicted molar refractivity (Wildman–Crippen MR) is 88.3 cm³/mol. The number of hydrogen-bond acceptors (Lipinski definition) is 0. The first-order chi connectivity index (χ1) is 9.70. The van der Waals surface area contributed by atoms with Gasteiger partial charge in [-0.25, -0.2) is 0 Å². The molecule has 0 radical (unpaired) electrons. The van der Waals surface area contributed by atoms with Gasteiger partial charge in [0.1, 0.15) is 0 Å². The molecule has 2 aromatic rings. The van der Waals surface area contributed by atoms with Crippen molar-refractivity contribution in [3.05, 3.63) is 70.8 Å². The molecule has 0 fully saturated rings. The van der Waals surface area contributed by atoms with Crippen LogP contribution >= 0.6 is 0 Å². The largest absolute Gasteiger partial charge is 0.0654 e. The zero-order chi connectivity index (χ0) is 14.4. The molecule has 2 aromatic carbocycles. The maximum absolute atomic E-state index is 2.30. The van der Waals surface area contributed by atoms with Crippen LogP contribution in [0.15, 0.2) is 48.5 Å². The van der Waals surface area contributed by atoms with E-state index >= 15 is 0 Å². The molecule has 2 rings (SSSR count). The average molecular weight is 266 g/mol. The Kier molecular flexibility index (Phi) is 5.40. The smallest absolute Gasteiger partial charge is 0.00893 e. The minimum Gasteiger partial charge on any atom is -0.0654 e. The Balaban J connectivity index is 2.23. The van der Waals surface area contributed by atoms with E-state index in [2.05, 4.69) is 69.3 Å². The van der Waals surface area contributed by atoms with Crippen LogP contribution in [-0.4, -0.2) is 0 Å². The monoisotopic (exact) mass is 266 g/mol. The first-order valence-corrected chi connectivity index (χ1v) is 7.84. The van der Waals surface area contributed by atoms with Crippen molar-refractivity contribution in [3.63, 3.8) is 0 Å². The van der Waals surface area contributed by atoms with Crippen LogP contribution in [0.5, 0.6) is 0 Å². The summed E-state index contributed by atoms with van der Waals surface area (Å²) in [5, 5.41) is 0. The zero-order valence-corrected chi connectivity index (χ0v) is 13.0. The van der Waals surface area contributed by atoms with Gasteiger partial charge in [-0.3, -0.25) is 0 Å². The molecule has 0 saturated carbocycles. The fourth-order valence-corrected chi connectivity index (χ4v) is 2.72. The summed E-state index contributed by atoms with van der Waals surface area (Å²) in [4.78, 5) is 0. The van der Waals surface area contributed by atoms with E-state index in [9.17, 15) is 0 Å². The molecule has 0 heteroatoms. The lowest BCUT2D eigenvalue weighted by Crippen LogP contribution is -2.01. The van der Waals surface area contributed by atoms with Gasteiger partial charge in [-0.1, -0.05) is 85.8 Å². The SMILES string of the molecule is CCCCCC(c1ccc(C)cc1)c1ccc(C)cc1. The van der Waals surface area contributed by atoms with Crippen molar-refractivity contribution in [2.75, 3.05) is 0 Å². The zero-order valence-electron chi connectivity index (χ0n) is 13.0. The van der Waals surface area contributed by atoms with Crippen molar-refractivity contribution < 1.29 is 0 Å². The first-order valence-electron chi connectivity index (χ1n) is 7.84. The molecule has 20 heavy (non-hydrogen) atoms. The van der Waals surface area contributed by atoms with E-state index in [1.54, 1.807) is 0 Å². The second kappa shape index (κ2) is 7.28. The third kappa shape index (κ3) is 3.96. The van der Waals surface area contributed by atoms with E-state index in [-0.39, 0.29) is 0 Å². The number of aryl methyl sites for hydroxylation is 2. The molecule has 0 bridgehead atoms. The summed E-state index contributed by atoms with van der Waals surface area (Å²) < 4.78 is 0. The average Bonchev–Trinajstić information content (AvgIpc) is 2.46. The lowest BCUT2D eigenvalue weighted by Gasteiger charge is -2.18. The quantitative estimate of drug-likeness (QED) is 0.561. The molecule has 0 atom stereocenters. The second-order valence-electron chi connectivity index (χ2n) is 5.87. The molecule has 0 nitrogen and oxygen atoms in total. The van der Waals surface area contributed by atoms with E-state index in [0.29, 0.717) is 5.92 Å². The van der Waals surface area contributed by atoms with Crippen LogP contribution in [-0.2, 0) is 0 Å². The third-order valence-electron chi connectivity index (χ3n) is 4.06. The van der Waals surface area contributed by atoms with Gasteiger partial charge in [-0.15, -0.1) is 0 Å². The Labute approximate surface area is 123 Å². The molecular weight excluding hydrogens is 240 g/mol. The Morgan fingerprint density at radius 1 is 0.700 bits per heavy atom. The van der Waals surface area contributed by atoms with E-state index in [1.165, 1.54) is 47.9 Å². The van der Waals surface area contributed by atoms with Crippen LogP contribution in [0.25, 0.3) is 0 Å². The van der Waals surface area contributed by atoms with Crippen molar-refractivity contribution >= 4 is 0 Å². The molecule has 0 saturated heterocycles. The van der Waals surface area contributed by atoms with Crippen LogP contribution in [0.3, 0.4) is 0 Å². The van der Waals surface area contributed by atoms with Crippen molar-refractivity contribution in [1.82, 2.24) is 0 Å². The highest BCUT2D eigenvalue weighted by molar-refractivity contribution is 5.35. The Bertz CT molecular complexity index is 459. The summed E-state index contributed by atoms with van der Waals surface area (Å²) in [6, 6.07) is 18.1. The summed E-state index contributed by atoms with van der Waals surface area (Å²) >= 11 is 0. The van der Waals surface area contributed by atoms with Crippen molar-refractivity contribution in [2.24, 2.45) is 0 Å². The fraction of sp³-hybridized carbons (Fsp3) is 0.400. The summed E-state index contributed by atoms with van der Waals surface area (Å²) in [6.07, 6.45) is 5.17. The number of hydrogen-bond donors (Lipinski definition) is 0. The van der Waals surface area contributed by atoms with Gasteiger partial charge >= 0.3 is 0 Å². The third-order valence-corrected chi connectivity index (χ3v) is 4.06. The van der Waals surface area contributed by atoms with Crippen molar-refractivity contribution in [1.29, 1.82) is 0 Å². The van der Waals surface area contributed by atoms with Crippen LogP contribution in [0.2, 0.25) is 0 Å². The van der Waals surface area contributed by atoms with Gasteiger partial charge in [0.05, 0.1) is 0 Å². The minimum atomic E-state index is 0.544. The molecule has 0 amide bonds. The van der Waals surface area contributed by atoms with Crippen LogP contribution in [0.1, 0.15) is 60.8 Å². The van der Waals surface area contributed by atoms with Gasteiger partial charge < -0.3 is 0 Å². The molecule has 0 aliphatic carbocycles. The summed E-state index contributed by atoms with van der Waals surface area (Å²) in [5.41, 5.74) is 5.58. The predicted octanol–water partition coefficient (Wildman–Crippen LogP) is 6.02. The van der Waals surface area contributed by atoms with Crippen LogP contribution < -0.4 is 0 Å². The fourth-order valence-electron chi connectivity index (χ4n) is 2.72. The highest BCUT2D eigenvalue weighted by atomic mass is 14.2. The molecule has 0 aliphatic heterocycles. The summed E-state index contributed by atoms with van der Waals surface area (Å²) in [6.45, 7) is 6.58. The van der Waals surface area contributed by atoms with E-state index in [0.717, 1.165) is 0 Å². The molecular formula is C20H26. The molecule has 0 aromatic heterocycles. The van der Waals surface area contributed by atoms with Gasteiger partial charge in [0.15, 0.2) is 0 Å². The summed E-state index contributed by atoms with van der Waals surface area (Å²) in [7, 11) is 0. The molecule has 0 unspecified atom stereocenters. The van der Waals surface area contributed by atoms with Gasteiger partial charge in [0.2, 0.25) is 0 Å². The van der Waals surface area contributed by atoms with Crippen LogP contribution in [0.4, 0.5) is 0 Å². The standard InChI is InChI=1S/C20H26/c1-4-5-6-7-20(18-12-8-16(2)9-13-18)19-14-10-17(3)11-15-19/h8-15,20H,4-7H2,1-3H3. The normalized spacial score (nSPS) is 11.0. The van der Waals surface area contributed by atoms with Gasteiger partial charge in [0.25, 0.3) is 0 Å². The Hall–Kier alpha value is -1.56. The molecule has 0 aliphatic rings.